The maximum atomic E-state index is 13.2. The molecule has 19 heavy (non-hydrogen) atoms. The van der Waals surface area contributed by atoms with E-state index in [-0.39, 0.29) is 5.82 Å². The molecule has 1 heterocycles. The fraction of sp³-hybridized carbons (Fsp3) is 0.400. The third kappa shape index (κ3) is 3.89. The third-order valence-electron chi connectivity index (χ3n) is 3.07. The summed E-state index contributed by atoms with van der Waals surface area (Å²) in [7, 11) is 0. The summed E-state index contributed by atoms with van der Waals surface area (Å²) in [5, 5.41) is 7.79. The van der Waals surface area contributed by atoms with Crippen molar-refractivity contribution in [1.29, 1.82) is 0 Å². The molecule has 0 atom stereocenters. The highest BCUT2D eigenvalue weighted by Crippen LogP contribution is 2.11. The highest BCUT2D eigenvalue weighted by molar-refractivity contribution is 5.26. The van der Waals surface area contributed by atoms with Crippen molar-refractivity contribution in [3.63, 3.8) is 0 Å². The molecule has 1 N–H and O–H groups in total. The van der Waals surface area contributed by atoms with Crippen molar-refractivity contribution in [3.05, 3.63) is 53.1 Å². The molecule has 0 aliphatic heterocycles. The molecule has 0 spiro atoms. The van der Waals surface area contributed by atoms with Crippen LogP contribution in [0.1, 0.15) is 30.2 Å². The number of hydrogen-bond acceptors (Lipinski definition) is 2. The molecule has 102 valence electrons. The van der Waals surface area contributed by atoms with E-state index in [2.05, 4.69) is 17.3 Å². The minimum Gasteiger partial charge on any atom is -0.311 e. The molecule has 0 amide bonds. The number of halogens is 1. The highest BCUT2D eigenvalue weighted by Gasteiger charge is 2.03. The van der Waals surface area contributed by atoms with Crippen LogP contribution in [-0.2, 0) is 13.1 Å². The molecule has 0 bridgehead atoms. The second-order valence-corrected chi connectivity index (χ2v) is 4.75. The maximum Gasteiger partial charge on any atom is 0.123 e. The van der Waals surface area contributed by atoms with Crippen molar-refractivity contribution in [2.45, 2.75) is 33.4 Å². The molecule has 2 aromatic rings. The normalized spacial score (nSPS) is 10.9. The average molecular weight is 261 g/mol. The Kier molecular flexibility index (Phi) is 4.68. The SMILES string of the molecule is CCCNCc1ccn(Cc2cc(F)ccc2C)n1. The van der Waals surface area contributed by atoms with Crippen molar-refractivity contribution in [1.82, 2.24) is 15.1 Å². The van der Waals surface area contributed by atoms with E-state index in [1.165, 1.54) is 6.07 Å². The van der Waals surface area contributed by atoms with Crippen LogP contribution in [0.3, 0.4) is 0 Å². The number of hydrogen-bond donors (Lipinski definition) is 1. The molecule has 0 unspecified atom stereocenters. The zero-order chi connectivity index (χ0) is 13.7. The van der Waals surface area contributed by atoms with Gasteiger partial charge in [-0.25, -0.2) is 4.39 Å². The van der Waals surface area contributed by atoms with Crippen LogP contribution in [0.25, 0.3) is 0 Å². The van der Waals surface area contributed by atoms with E-state index in [0.29, 0.717) is 6.54 Å². The topological polar surface area (TPSA) is 29.9 Å². The molecule has 0 saturated heterocycles. The van der Waals surface area contributed by atoms with Crippen LogP contribution in [0.4, 0.5) is 4.39 Å². The first-order valence-corrected chi connectivity index (χ1v) is 6.67. The zero-order valence-corrected chi connectivity index (χ0v) is 11.5. The lowest BCUT2D eigenvalue weighted by molar-refractivity contribution is 0.610. The number of aromatic nitrogens is 2. The maximum absolute atomic E-state index is 13.2. The van der Waals surface area contributed by atoms with E-state index >= 15 is 0 Å². The van der Waals surface area contributed by atoms with Crippen molar-refractivity contribution >= 4 is 0 Å². The summed E-state index contributed by atoms with van der Waals surface area (Å²) in [6, 6.07) is 6.86. The van der Waals surface area contributed by atoms with Gasteiger partial charge in [-0.05, 0) is 49.2 Å². The predicted molar refractivity (Wildman–Crippen MR) is 74.5 cm³/mol. The molecule has 0 saturated carbocycles. The summed E-state index contributed by atoms with van der Waals surface area (Å²) in [5.74, 6) is -0.197. The Morgan fingerprint density at radius 2 is 2.16 bits per heavy atom. The van der Waals surface area contributed by atoms with Crippen molar-refractivity contribution < 1.29 is 4.39 Å². The van der Waals surface area contributed by atoms with Crippen LogP contribution >= 0.6 is 0 Å². The van der Waals surface area contributed by atoms with Gasteiger partial charge in [-0.3, -0.25) is 4.68 Å². The fourth-order valence-corrected chi connectivity index (χ4v) is 1.96. The molecule has 0 radical (unpaired) electrons. The average Bonchev–Trinajstić information content (AvgIpc) is 2.82. The Hall–Kier alpha value is -1.68. The summed E-state index contributed by atoms with van der Waals surface area (Å²) < 4.78 is 15.1. The van der Waals surface area contributed by atoms with Gasteiger partial charge in [-0.15, -0.1) is 0 Å². The van der Waals surface area contributed by atoms with Gasteiger partial charge in [0.2, 0.25) is 0 Å². The van der Waals surface area contributed by atoms with Crippen LogP contribution in [-0.4, -0.2) is 16.3 Å². The van der Waals surface area contributed by atoms with Crippen LogP contribution in [0.5, 0.6) is 0 Å². The first-order valence-electron chi connectivity index (χ1n) is 6.67. The summed E-state index contributed by atoms with van der Waals surface area (Å²) in [6.45, 7) is 6.51. The van der Waals surface area contributed by atoms with Crippen molar-refractivity contribution in [3.8, 4) is 0 Å². The number of benzene rings is 1. The molecule has 0 aliphatic rings. The Morgan fingerprint density at radius 1 is 1.32 bits per heavy atom. The Balaban J connectivity index is 2.01. The molecule has 4 heteroatoms. The van der Waals surface area contributed by atoms with E-state index < -0.39 is 0 Å². The largest absolute Gasteiger partial charge is 0.311 e. The first-order chi connectivity index (χ1) is 9.19. The molecule has 0 aliphatic carbocycles. The van der Waals surface area contributed by atoms with E-state index in [4.69, 9.17) is 0 Å². The number of nitrogens with one attached hydrogen (secondary N) is 1. The first kappa shape index (κ1) is 13.7. The molecule has 3 nitrogen and oxygen atoms in total. The van der Waals surface area contributed by atoms with E-state index in [9.17, 15) is 4.39 Å². The lowest BCUT2D eigenvalue weighted by atomic mass is 10.1. The van der Waals surface area contributed by atoms with E-state index in [1.54, 1.807) is 12.1 Å². The van der Waals surface area contributed by atoms with Gasteiger partial charge < -0.3 is 5.32 Å². The minimum atomic E-state index is -0.197. The van der Waals surface area contributed by atoms with Gasteiger partial charge >= 0.3 is 0 Å². The molecular formula is C15H20FN3. The second-order valence-electron chi connectivity index (χ2n) is 4.75. The minimum absolute atomic E-state index is 0.197. The van der Waals surface area contributed by atoms with Gasteiger partial charge in [0.25, 0.3) is 0 Å². The molecule has 2 rings (SSSR count). The van der Waals surface area contributed by atoms with Gasteiger partial charge in [-0.1, -0.05) is 13.0 Å². The van der Waals surface area contributed by atoms with E-state index in [0.717, 1.165) is 36.3 Å². The van der Waals surface area contributed by atoms with Crippen LogP contribution in [0, 0.1) is 12.7 Å². The third-order valence-corrected chi connectivity index (χ3v) is 3.07. The molecule has 1 aromatic carbocycles. The van der Waals surface area contributed by atoms with Crippen molar-refractivity contribution in [2.24, 2.45) is 0 Å². The van der Waals surface area contributed by atoms with Crippen LogP contribution < -0.4 is 5.32 Å². The summed E-state index contributed by atoms with van der Waals surface area (Å²) >= 11 is 0. The van der Waals surface area contributed by atoms with E-state index in [1.807, 2.05) is 23.9 Å². The van der Waals surface area contributed by atoms with Crippen molar-refractivity contribution in [2.75, 3.05) is 6.54 Å². The van der Waals surface area contributed by atoms with Gasteiger partial charge in [0, 0.05) is 12.7 Å². The lowest BCUT2D eigenvalue weighted by Crippen LogP contribution is -2.14. The smallest absolute Gasteiger partial charge is 0.123 e. The Morgan fingerprint density at radius 3 is 2.95 bits per heavy atom. The molecular weight excluding hydrogens is 241 g/mol. The second kappa shape index (κ2) is 6.48. The summed E-state index contributed by atoms with van der Waals surface area (Å²) in [4.78, 5) is 0. The predicted octanol–water partition coefficient (Wildman–Crippen LogP) is 2.88. The fourth-order valence-electron chi connectivity index (χ4n) is 1.96. The number of aryl methyl sites for hydroxylation is 1. The van der Waals surface area contributed by atoms with Crippen LogP contribution in [0.2, 0.25) is 0 Å². The lowest BCUT2D eigenvalue weighted by Gasteiger charge is -2.06. The number of nitrogens with zero attached hydrogens (tertiary/aromatic N) is 2. The van der Waals surface area contributed by atoms with Crippen LogP contribution in [0.15, 0.2) is 30.5 Å². The standard InChI is InChI=1S/C15H20FN3/c1-3-7-17-10-15-6-8-19(18-15)11-13-9-14(16)5-4-12(13)2/h4-6,8-9,17H,3,7,10-11H2,1-2H3. The Bertz CT molecular complexity index is 534. The quantitative estimate of drug-likeness (QED) is 0.810. The monoisotopic (exact) mass is 261 g/mol. The Labute approximate surface area is 113 Å². The summed E-state index contributed by atoms with van der Waals surface area (Å²) in [6.07, 6.45) is 3.05. The molecule has 1 aromatic heterocycles. The highest BCUT2D eigenvalue weighted by atomic mass is 19.1. The molecule has 0 fully saturated rings. The van der Waals surface area contributed by atoms with Gasteiger partial charge in [0.1, 0.15) is 5.82 Å². The zero-order valence-electron chi connectivity index (χ0n) is 11.5. The summed E-state index contributed by atoms with van der Waals surface area (Å²) in [5.41, 5.74) is 3.07. The van der Waals surface area contributed by atoms with Gasteiger partial charge in [-0.2, -0.15) is 5.10 Å². The van der Waals surface area contributed by atoms with Gasteiger partial charge in [0.05, 0.1) is 12.2 Å². The van der Waals surface area contributed by atoms with Gasteiger partial charge in [0.15, 0.2) is 0 Å². The number of rotatable bonds is 6.